The number of aromatic nitrogens is 4. The van der Waals surface area contributed by atoms with Gasteiger partial charge in [0.15, 0.2) is 23.8 Å². The number of aliphatic hydroxyl groups excluding tert-OH is 1. The van der Waals surface area contributed by atoms with Gasteiger partial charge in [0.05, 0.1) is 12.4 Å². The molecule has 4 aromatic rings. The number of imidazole rings is 1. The number of aliphatic carboxylic acids is 1. The summed E-state index contributed by atoms with van der Waals surface area (Å²) >= 11 is 0. The van der Waals surface area contributed by atoms with E-state index in [1.54, 1.807) is 48.5 Å². The van der Waals surface area contributed by atoms with E-state index in [0.29, 0.717) is 0 Å². The lowest BCUT2D eigenvalue weighted by Crippen LogP contribution is -2.56. The first-order valence-electron chi connectivity index (χ1n) is 12.6. The van der Waals surface area contributed by atoms with E-state index in [-0.39, 0.29) is 30.0 Å². The molecule has 14 nitrogen and oxygen atoms in total. The van der Waals surface area contributed by atoms with Crippen LogP contribution in [0.2, 0.25) is 0 Å². The van der Waals surface area contributed by atoms with Gasteiger partial charge >= 0.3 is 12.1 Å². The summed E-state index contributed by atoms with van der Waals surface area (Å²) in [5, 5.41) is 26.1. The van der Waals surface area contributed by atoms with Crippen LogP contribution in [0.15, 0.2) is 73.3 Å². The molecule has 212 valence electrons. The first-order chi connectivity index (χ1) is 19.8. The number of hydrogen-bond donors (Lipinski definition) is 5. The maximum absolute atomic E-state index is 13.5. The molecule has 1 aliphatic heterocycles. The Labute approximate surface area is 233 Å². The minimum atomic E-state index is -1.63. The molecule has 2 aromatic carbocycles. The number of carbonyl (C=O) groups excluding carboxylic acids is 2. The predicted octanol–water partition coefficient (Wildman–Crippen LogP) is 0.774. The van der Waals surface area contributed by atoms with Crippen molar-refractivity contribution in [1.82, 2.24) is 30.2 Å². The number of carboxylic acid groups (broad SMARTS) is 1. The quantitative estimate of drug-likeness (QED) is 0.193. The number of carbonyl (C=O) groups is 3. The lowest BCUT2D eigenvalue weighted by atomic mass is 10.0. The normalized spacial score (nSPS) is 20.8. The molecular weight excluding hydrogens is 534 g/mol. The maximum atomic E-state index is 13.5. The van der Waals surface area contributed by atoms with Gasteiger partial charge in [-0.25, -0.2) is 24.5 Å². The summed E-state index contributed by atoms with van der Waals surface area (Å²) in [5.41, 5.74) is 7.77. The van der Waals surface area contributed by atoms with Gasteiger partial charge < -0.3 is 36.1 Å². The Kier molecular flexibility index (Phi) is 8.03. The van der Waals surface area contributed by atoms with Gasteiger partial charge in [0.25, 0.3) is 0 Å². The Balaban J connectivity index is 1.34. The highest BCUT2D eigenvalue weighted by atomic mass is 16.6. The number of benzene rings is 2. The van der Waals surface area contributed by atoms with Crippen molar-refractivity contribution >= 4 is 35.0 Å². The molecule has 0 radical (unpaired) electrons. The molecule has 14 heteroatoms. The number of alkyl carbamates (subject to hydrolysis) is 1. The molecule has 5 rings (SSSR count). The number of hydrogen-bond acceptors (Lipinski definition) is 10. The van der Waals surface area contributed by atoms with Crippen LogP contribution in [0.25, 0.3) is 11.2 Å². The summed E-state index contributed by atoms with van der Waals surface area (Å²) in [6, 6.07) is 15.4. The van der Waals surface area contributed by atoms with Crippen LogP contribution in [0.5, 0.6) is 0 Å². The third-order valence-corrected chi connectivity index (χ3v) is 6.59. The van der Waals surface area contributed by atoms with E-state index >= 15 is 0 Å². The number of nitrogens with one attached hydrogen (secondary N) is 2. The van der Waals surface area contributed by atoms with Gasteiger partial charge in [0.2, 0.25) is 5.91 Å². The molecule has 0 bridgehead atoms. The van der Waals surface area contributed by atoms with Crippen LogP contribution in [0, 0.1) is 0 Å². The van der Waals surface area contributed by atoms with Crippen molar-refractivity contribution in [2.24, 2.45) is 0 Å². The Hall–Kier alpha value is -5.08. The van der Waals surface area contributed by atoms with Gasteiger partial charge in [-0.15, -0.1) is 0 Å². The van der Waals surface area contributed by atoms with E-state index in [1.807, 2.05) is 12.1 Å². The number of rotatable bonds is 9. The van der Waals surface area contributed by atoms with Crippen LogP contribution < -0.4 is 16.4 Å². The molecule has 1 saturated heterocycles. The molecular formula is C27H27N7O7. The van der Waals surface area contributed by atoms with Crippen molar-refractivity contribution in [3.05, 3.63) is 84.4 Å². The van der Waals surface area contributed by atoms with Crippen molar-refractivity contribution in [2.45, 2.75) is 43.5 Å². The molecule has 1 fully saturated rings. The third kappa shape index (κ3) is 6.08. The van der Waals surface area contributed by atoms with Crippen LogP contribution in [0.4, 0.5) is 10.6 Å². The number of fused-ring (bicyclic) bond motifs is 1. The molecule has 3 heterocycles. The third-order valence-electron chi connectivity index (χ3n) is 6.59. The summed E-state index contributed by atoms with van der Waals surface area (Å²) in [6.45, 7) is -0.0166. The van der Waals surface area contributed by atoms with Gasteiger partial charge in [-0.3, -0.25) is 9.36 Å². The first kappa shape index (κ1) is 27.5. The molecule has 0 saturated carbocycles. The first-order valence-corrected chi connectivity index (χ1v) is 12.6. The second-order valence-electron chi connectivity index (χ2n) is 9.34. The number of nitrogens with two attached hydrogens (primary N) is 1. The highest BCUT2D eigenvalue weighted by Gasteiger charge is 2.50. The van der Waals surface area contributed by atoms with E-state index in [1.165, 1.54) is 17.2 Å². The second kappa shape index (κ2) is 12.0. The van der Waals surface area contributed by atoms with Crippen LogP contribution in [-0.2, 0) is 32.1 Å². The Morgan fingerprint density at radius 2 is 1.71 bits per heavy atom. The Morgan fingerprint density at radius 1 is 1.02 bits per heavy atom. The molecule has 2 amide bonds. The van der Waals surface area contributed by atoms with E-state index in [9.17, 15) is 24.6 Å². The summed E-state index contributed by atoms with van der Waals surface area (Å²) in [5.74, 6) is -2.06. The highest BCUT2D eigenvalue weighted by Crippen LogP contribution is 2.32. The van der Waals surface area contributed by atoms with Crippen molar-refractivity contribution in [1.29, 1.82) is 0 Å². The molecule has 0 aliphatic carbocycles. The van der Waals surface area contributed by atoms with Gasteiger partial charge in [0.1, 0.15) is 30.6 Å². The fourth-order valence-corrected chi connectivity index (χ4v) is 4.56. The number of ether oxygens (including phenoxy) is 2. The van der Waals surface area contributed by atoms with Crippen molar-refractivity contribution in [2.75, 3.05) is 5.73 Å². The fourth-order valence-electron chi connectivity index (χ4n) is 4.56. The van der Waals surface area contributed by atoms with Gasteiger partial charge in [-0.1, -0.05) is 60.7 Å². The predicted molar refractivity (Wildman–Crippen MR) is 143 cm³/mol. The SMILES string of the molecule is Nc1ncnc2c1ncn2[C@@H]1O[C@H](C(=O)O)[C@@H](NC(=O)[C@@H](Cc2ccccc2)NC(=O)OCc2ccccc2)[C@H]1O. The van der Waals surface area contributed by atoms with Crippen molar-refractivity contribution in [3.63, 3.8) is 0 Å². The average molecular weight is 562 g/mol. The largest absolute Gasteiger partial charge is 0.479 e. The summed E-state index contributed by atoms with van der Waals surface area (Å²) in [4.78, 5) is 50.3. The number of amides is 2. The molecule has 6 N–H and O–H groups in total. The number of aliphatic hydroxyl groups is 1. The second-order valence-corrected chi connectivity index (χ2v) is 9.34. The van der Waals surface area contributed by atoms with Gasteiger partial charge in [-0.2, -0.15) is 0 Å². The van der Waals surface area contributed by atoms with Crippen LogP contribution in [0.3, 0.4) is 0 Å². The molecule has 0 unspecified atom stereocenters. The average Bonchev–Trinajstić information content (AvgIpc) is 3.54. The minimum absolute atomic E-state index is 0.0166. The monoisotopic (exact) mass is 561 g/mol. The standard InChI is InChI=1S/C27H27N7O7/c28-22-19-23(30-13-29-22)34(14-31-19)25-20(35)18(21(41-25)26(37)38)33-24(36)17(11-15-7-3-1-4-8-15)32-27(39)40-12-16-9-5-2-6-10-16/h1-10,13-14,17-18,20-21,25,35H,11-12H2,(H,32,39)(H,33,36)(H,37,38)(H2,28,29,30)/t17-,18+,20-,21+,25-/m1/s1. The maximum Gasteiger partial charge on any atom is 0.408 e. The molecule has 1 aliphatic rings. The molecule has 0 spiro atoms. The zero-order valence-electron chi connectivity index (χ0n) is 21.5. The number of anilines is 1. The topological polar surface area (TPSA) is 204 Å². The minimum Gasteiger partial charge on any atom is -0.479 e. The number of nitrogen functional groups attached to an aromatic ring is 1. The summed E-state index contributed by atoms with van der Waals surface area (Å²) < 4.78 is 12.3. The Morgan fingerprint density at radius 3 is 2.39 bits per heavy atom. The van der Waals surface area contributed by atoms with Crippen molar-refractivity contribution < 1.29 is 34.1 Å². The van der Waals surface area contributed by atoms with E-state index in [4.69, 9.17) is 15.2 Å². The zero-order valence-corrected chi connectivity index (χ0v) is 21.5. The molecule has 2 aromatic heterocycles. The van der Waals surface area contributed by atoms with Crippen LogP contribution >= 0.6 is 0 Å². The van der Waals surface area contributed by atoms with E-state index in [2.05, 4.69) is 25.6 Å². The van der Waals surface area contributed by atoms with E-state index in [0.717, 1.165) is 11.1 Å². The zero-order chi connectivity index (χ0) is 28.9. The van der Waals surface area contributed by atoms with Crippen LogP contribution in [0.1, 0.15) is 17.4 Å². The number of nitrogens with zero attached hydrogens (tertiary/aromatic N) is 4. The Bertz CT molecular complexity index is 1530. The van der Waals surface area contributed by atoms with Gasteiger partial charge in [0, 0.05) is 6.42 Å². The smallest absolute Gasteiger partial charge is 0.408 e. The highest BCUT2D eigenvalue weighted by molar-refractivity contribution is 5.87. The molecule has 41 heavy (non-hydrogen) atoms. The molecule has 5 atom stereocenters. The lowest BCUT2D eigenvalue weighted by Gasteiger charge is -2.24. The lowest BCUT2D eigenvalue weighted by molar-refractivity contribution is -0.152. The number of carboxylic acids is 1. The van der Waals surface area contributed by atoms with Gasteiger partial charge in [-0.05, 0) is 11.1 Å². The fraction of sp³-hybridized carbons (Fsp3) is 0.259. The van der Waals surface area contributed by atoms with E-state index < -0.39 is 48.5 Å². The van der Waals surface area contributed by atoms with Crippen LogP contribution in [-0.4, -0.2) is 72.0 Å². The van der Waals surface area contributed by atoms with Crippen molar-refractivity contribution in [3.8, 4) is 0 Å². The summed E-state index contributed by atoms with van der Waals surface area (Å²) in [7, 11) is 0. The summed E-state index contributed by atoms with van der Waals surface area (Å²) in [6.07, 6.45) is -2.72.